The smallest absolute Gasteiger partial charge is 0.411 e. The first-order valence-electron chi connectivity index (χ1n) is 7.59. The molecule has 1 N–H and O–H groups in total. The highest BCUT2D eigenvalue weighted by Gasteiger charge is 2.33. The maximum absolute atomic E-state index is 12.0. The number of anilines is 1. The van der Waals surface area contributed by atoms with Crippen molar-refractivity contribution in [1.82, 2.24) is 0 Å². The zero-order valence-electron chi connectivity index (χ0n) is 12.6. The summed E-state index contributed by atoms with van der Waals surface area (Å²) < 4.78 is 5.69. The van der Waals surface area contributed by atoms with Crippen LogP contribution in [-0.2, 0) is 4.74 Å². The van der Waals surface area contributed by atoms with E-state index < -0.39 is 0 Å². The van der Waals surface area contributed by atoms with Crippen LogP contribution in [0.25, 0.3) is 0 Å². The predicted molar refractivity (Wildman–Crippen MR) is 81.7 cm³/mol. The molecule has 1 aromatic rings. The van der Waals surface area contributed by atoms with Crippen LogP contribution in [0.4, 0.5) is 10.5 Å². The Bertz CT molecular complexity index is 430. The second kappa shape index (κ2) is 6.78. The largest absolute Gasteiger partial charge is 0.446 e. The molecule has 1 aliphatic carbocycles. The van der Waals surface area contributed by atoms with Crippen LogP contribution >= 0.6 is 0 Å². The molecule has 1 aromatic carbocycles. The molecule has 0 aliphatic heterocycles. The Morgan fingerprint density at radius 2 is 1.95 bits per heavy atom. The van der Waals surface area contributed by atoms with Gasteiger partial charge in [-0.15, -0.1) is 0 Å². The number of amides is 1. The Morgan fingerprint density at radius 3 is 2.60 bits per heavy atom. The third-order valence-electron chi connectivity index (χ3n) is 4.24. The molecule has 110 valence electrons. The zero-order valence-corrected chi connectivity index (χ0v) is 12.6. The average molecular weight is 275 g/mol. The number of benzene rings is 1. The van der Waals surface area contributed by atoms with Crippen molar-refractivity contribution in [2.45, 2.75) is 46.1 Å². The van der Waals surface area contributed by atoms with Crippen LogP contribution in [0, 0.1) is 17.8 Å². The monoisotopic (exact) mass is 275 g/mol. The van der Waals surface area contributed by atoms with Crippen molar-refractivity contribution in [2.75, 3.05) is 5.32 Å². The molecule has 0 unspecified atom stereocenters. The lowest BCUT2D eigenvalue weighted by Gasteiger charge is -2.36. The topological polar surface area (TPSA) is 38.3 Å². The van der Waals surface area contributed by atoms with E-state index >= 15 is 0 Å². The minimum atomic E-state index is -0.332. The third-order valence-corrected chi connectivity index (χ3v) is 4.24. The van der Waals surface area contributed by atoms with Crippen molar-refractivity contribution in [3.63, 3.8) is 0 Å². The lowest BCUT2D eigenvalue weighted by molar-refractivity contribution is 0.0126. The Hall–Kier alpha value is -1.51. The molecule has 1 saturated carbocycles. The van der Waals surface area contributed by atoms with E-state index in [4.69, 9.17) is 4.74 Å². The second-order valence-electron chi connectivity index (χ2n) is 6.26. The van der Waals surface area contributed by atoms with Gasteiger partial charge in [-0.1, -0.05) is 45.4 Å². The molecule has 0 saturated heterocycles. The lowest BCUT2D eigenvalue weighted by Crippen LogP contribution is -2.36. The minimum absolute atomic E-state index is 0.0439. The number of ether oxygens (including phenoxy) is 1. The van der Waals surface area contributed by atoms with Crippen molar-refractivity contribution in [2.24, 2.45) is 17.8 Å². The first-order valence-corrected chi connectivity index (χ1v) is 7.59. The van der Waals surface area contributed by atoms with E-state index in [9.17, 15) is 4.79 Å². The summed E-state index contributed by atoms with van der Waals surface area (Å²) in [4.78, 5) is 12.0. The van der Waals surface area contributed by atoms with Gasteiger partial charge >= 0.3 is 6.09 Å². The Kier molecular flexibility index (Phi) is 5.05. The van der Waals surface area contributed by atoms with E-state index in [0.717, 1.165) is 18.5 Å². The highest BCUT2D eigenvalue weighted by atomic mass is 16.6. The van der Waals surface area contributed by atoms with Crippen LogP contribution in [0.5, 0.6) is 0 Å². The van der Waals surface area contributed by atoms with Gasteiger partial charge in [0.1, 0.15) is 6.10 Å². The summed E-state index contributed by atoms with van der Waals surface area (Å²) in [7, 11) is 0. The summed E-state index contributed by atoms with van der Waals surface area (Å²) in [5.41, 5.74) is 0.780. The fraction of sp³-hybridized carbons (Fsp3) is 0.588. The molecule has 0 radical (unpaired) electrons. The second-order valence-corrected chi connectivity index (χ2v) is 6.26. The zero-order chi connectivity index (χ0) is 14.5. The normalized spacial score (nSPS) is 26.3. The van der Waals surface area contributed by atoms with Gasteiger partial charge in [0.2, 0.25) is 0 Å². The molecule has 1 aliphatic rings. The van der Waals surface area contributed by atoms with Crippen molar-refractivity contribution in [3.8, 4) is 0 Å². The number of rotatable bonds is 3. The van der Waals surface area contributed by atoms with Crippen molar-refractivity contribution < 1.29 is 9.53 Å². The highest BCUT2D eigenvalue weighted by Crippen LogP contribution is 2.35. The van der Waals surface area contributed by atoms with E-state index in [1.54, 1.807) is 0 Å². The van der Waals surface area contributed by atoms with E-state index in [1.807, 2.05) is 30.3 Å². The lowest BCUT2D eigenvalue weighted by atomic mass is 9.75. The van der Waals surface area contributed by atoms with Crippen molar-refractivity contribution in [3.05, 3.63) is 30.3 Å². The SMILES string of the molecule is CC(C)[C@H]1CC[C@@H](C)C[C@@H]1OC(=O)Nc1ccccc1. The molecule has 0 bridgehead atoms. The van der Waals surface area contributed by atoms with Gasteiger partial charge < -0.3 is 4.74 Å². The maximum atomic E-state index is 12.0. The fourth-order valence-corrected chi connectivity index (χ4v) is 3.06. The molecule has 3 atom stereocenters. The molecule has 1 amide bonds. The molecule has 1 fully saturated rings. The van der Waals surface area contributed by atoms with Crippen LogP contribution in [0.2, 0.25) is 0 Å². The minimum Gasteiger partial charge on any atom is -0.446 e. The Morgan fingerprint density at radius 1 is 1.25 bits per heavy atom. The number of carbonyl (C=O) groups excluding carboxylic acids is 1. The summed E-state index contributed by atoms with van der Waals surface area (Å²) in [6.45, 7) is 6.67. The van der Waals surface area contributed by atoms with Gasteiger partial charge in [0, 0.05) is 5.69 Å². The molecule has 3 nitrogen and oxygen atoms in total. The van der Waals surface area contributed by atoms with Crippen LogP contribution in [-0.4, -0.2) is 12.2 Å². The van der Waals surface area contributed by atoms with E-state index in [0.29, 0.717) is 17.8 Å². The summed E-state index contributed by atoms with van der Waals surface area (Å²) in [6.07, 6.45) is 3.08. The molecule has 3 heteroatoms. The number of nitrogens with one attached hydrogen (secondary N) is 1. The molecular formula is C17H25NO2. The van der Waals surface area contributed by atoms with Gasteiger partial charge in [-0.3, -0.25) is 5.32 Å². The Labute approximate surface area is 121 Å². The van der Waals surface area contributed by atoms with Crippen molar-refractivity contribution >= 4 is 11.8 Å². The average Bonchev–Trinajstić information content (AvgIpc) is 2.39. The number of hydrogen-bond donors (Lipinski definition) is 1. The number of para-hydroxylation sites is 1. The Balaban J connectivity index is 1.94. The number of carbonyl (C=O) groups is 1. The van der Waals surface area contributed by atoms with Gasteiger partial charge in [-0.25, -0.2) is 4.79 Å². The molecular weight excluding hydrogens is 250 g/mol. The quantitative estimate of drug-likeness (QED) is 0.868. The molecule has 0 spiro atoms. The van der Waals surface area contributed by atoms with Crippen molar-refractivity contribution in [1.29, 1.82) is 0 Å². The van der Waals surface area contributed by atoms with Gasteiger partial charge in [-0.05, 0) is 42.7 Å². The summed E-state index contributed by atoms with van der Waals surface area (Å²) in [5.74, 6) is 1.67. The molecule has 2 rings (SSSR count). The number of hydrogen-bond acceptors (Lipinski definition) is 2. The highest BCUT2D eigenvalue weighted by molar-refractivity contribution is 5.84. The fourth-order valence-electron chi connectivity index (χ4n) is 3.06. The van der Waals surface area contributed by atoms with Crippen LogP contribution < -0.4 is 5.32 Å². The van der Waals surface area contributed by atoms with Crippen LogP contribution in [0.3, 0.4) is 0 Å². The standard InChI is InChI=1S/C17H25NO2/c1-12(2)15-10-9-13(3)11-16(15)20-17(19)18-14-7-5-4-6-8-14/h4-8,12-13,15-16H,9-11H2,1-3H3,(H,18,19)/t13-,15-,16+/m1/s1. The van der Waals surface area contributed by atoms with Gasteiger partial charge in [0.05, 0.1) is 0 Å². The van der Waals surface area contributed by atoms with Gasteiger partial charge in [0.15, 0.2) is 0 Å². The molecule has 0 heterocycles. The van der Waals surface area contributed by atoms with E-state index in [2.05, 4.69) is 26.1 Å². The molecule has 20 heavy (non-hydrogen) atoms. The van der Waals surface area contributed by atoms with E-state index in [1.165, 1.54) is 6.42 Å². The maximum Gasteiger partial charge on any atom is 0.411 e. The van der Waals surface area contributed by atoms with E-state index in [-0.39, 0.29) is 12.2 Å². The summed E-state index contributed by atoms with van der Waals surface area (Å²) in [5, 5.41) is 2.80. The first-order chi connectivity index (χ1) is 9.56. The first kappa shape index (κ1) is 14.9. The summed E-state index contributed by atoms with van der Waals surface area (Å²) >= 11 is 0. The van der Waals surface area contributed by atoms with Crippen LogP contribution in [0.1, 0.15) is 40.0 Å². The molecule has 0 aromatic heterocycles. The van der Waals surface area contributed by atoms with Gasteiger partial charge in [-0.2, -0.15) is 0 Å². The third kappa shape index (κ3) is 3.99. The summed E-state index contributed by atoms with van der Waals surface area (Å²) in [6, 6.07) is 9.45. The van der Waals surface area contributed by atoms with Crippen LogP contribution in [0.15, 0.2) is 30.3 Å². The predicted octanol–water partition coefficient (Wildman–Crippen LogP) is 4.70. The van der Waals surface area contributed by atoms with Gasteiger partial charge in [0.25, 0.3) is 0 Å².